The molecule has 54 heavy (non-hydrogen) atoms. The molecular weight excluding hydrogens is 655 g/mol. The van der Waals surface area contributed by atoms with E-state index in [1.165, 1.54) is 89.1 Å². The summed E-state index contributed by atoms with van der Waals surface area (Å²) < 4.78 is 6.80. The van der Waals surface area contributed by atoms with E-state index >= 15 is 0 Å². The van der Waals surface area contributed by atoms with Gasteiger partial charge in [0, 0.05) is 39.3 Å². The molecule has 0 saturated carbocycles. The summed E-state index contributed by atoms with van der Waals surface area (Å²) in [6.07, 6.45) is 13.5. The minimum absolute atomic E-state index is 0.00944. The van der Waals surface area contributed by atoms with Crippen LogP contribution in [-0.2, 0) is 10.8 Å². The van der Waals surface area contributed by atoms with Crippen LogP contribution in [0.2, 0.25) is 0 Å². The Balaban J connectivity index is 1.04. The van der Waals surface area contributed by atoms with E-state index in [1.54, 1.807) is 0 Å². The van der Waals surface area contributed by atoms with Crippen molar-refractivity contribution in [2.45, 2.75) is 63.4 Å². The fraction of sp³-hybridized carbons (Fsp3) is 0.192. The lowest BCUT2D eigenvalue weighted by Gasteiger charge is -2.34. The standard InChI is InChI=1S/C52H43NO/c1-51(2)43-20-10-8-16-40(43)49-44(51)21-12-22-46(49)53(35-28-29-39-38-15-7-9-19-42(38)52(3,4)45(39)31-35)34-26-23-33(24-27-34)37-17-11-18-41-48-36-14-6-5-13-32(36)25-30-47(48)54-50(37)41/h5-23,25-26,28-31,41,50H,24,27H2,1-4H3. The highest BCUT2D eigenvalue weighted by Crippen LogP contribution is 2.56. The number of anilines is 2. The highest BCUT2D eigenvalue weighted by Gasteiger charge is 2.41. The molecule has 1 aliphatic heterocycles. The third-order valence-electron chi connectivity index (χ3n) is 13.2. The minimum Gasteiger partial charge on any atom is -0.484 e. The quantitative estimate of drug-likeness (QED) is 0.182. The van der Waals surface area contributed by atoms with Crippen molar-refractivity contribution in [1.82, 2.24) is 0 Å². The zero-order valence-corrected chi connectivity index (χ0v) is 31.4. The number of hydrogen-bond acceptors (Lipinski definition) is 2. The van der Waals surface area contributed by atoms with E-state index in [-0.39, 0.29) is 22.9 Å². The maximum absolute atomic E-state index is 6.80. The molecule has 2 heteroatoms. The molecule has 0 aromatic heterocycles. The molecule has 0 amide bonds. The Labute approximate surface area is 318 Å². The van der Waals surface area contributed by atoms with Gasteiger partial charge in [-0.1, -0.05) is 149 Å². The first-order valence-electron chi connectivity index (χ1n) is 19.6. The average Bonchev–Trinajstić information content (AvgIpc) is 3.79. The van der Waals surface area contributed by atoms with Crippen LogP contribution in [0.15, 0.2) is 169 Å². The van der Waals surface area contributed by atoms with Gasteiger partial charge in [-0.05, 0) is 104 Å². The van der Waals surface area contributed by atoms with Gasteiger partial charge in [0.15, 0.2) is 0 Å². The Hall–Kier alpha value is -5.86. The molecule has 6 aromatic rings. The Morgan fingerprint density at radius 1 is 0.611 bits per heavy atom. The van der Waals surface area contributed by atoms with Gasteiger partial charge in [0.25, 0.3) is 0 Å². The zero-order chi connectivity index (χ0) is 36.3. The van der Waals surface area contributed by atoms with Gasteiger partial charge >= 0.3 is 0 Å². The minimum atomic E-state index is -0.0868. The van der Waals surface area contributed by atoms with Gasteiger partial charge < -0.3 is 9.64 Å². The number of rotatable bonds is 4. The van der Waals surface area contributed by atoms with E-state index in [1.807, 2.05) is 0 Å². The Morgan fingerprint density at radius 2 is 1.33 bits per heavy atom. The molecule has 0 saturated heterocycles. The summed E-state index contributed by atoms with van der Waals surface area (Å²) in [5.41, 5.74) is 18.6. The molecule has 0 N–H and O–H groups in total. The summed E-state index contributed by atoms with van der Waals surface area (Å²) in [4.78, 5) is 2.58. The summed E-state index contributed by atoms with van der Waals surface area (Å²) in [7, 11) is 0. The van der Waals surface area contributed by atoms with Crippen molar-refractivity contribution in [2.75, 3.05) is 4.90 Å². The number of fused-ring (bicyclic) bond motifs is 11. The molecule has 6 aromatic carbocycles. The lowest BCUT2D eigenvalue weighted by molar-refractivity contribution is 0.257. The summed E-state index contributed by atoms with van der Waals surface area (Å²) in [6.45, 7) is 9.51. The predicted octanol–water partition coefficient (Wildman–Crippen LogP) is 13.2. The van der Waals surface area contributed by atoms with Crippen LogP contribution in [0.4, 0.5) is 11.4 Å². The average molecular weight is 698 g/mol. The van der Waals surface area contributed by atoms with Crippen molar-refractivity contribution < 1.29 is 4.74 Å². The van der Waals surface area contributed by atoms with Gasteiger partial charge in [-0.15, -0.1) is 0 Å². The van der Waals surface area contributed by atoms with E-state index in [0.29, 0.717) is 0 Å². The first kappa shape index (κ1) is 31.6. The summed E-state index contributed by atoms with van der Waals surface area (Å²) >= 11 is 0. The van der Waals surface area contributed by atoms with Gasteiger partial charge in [-0.25, -0.2) is 0 Å². The van der Waals surface area contributed by atoms with Gasteiger partial charge in [-0.3, -0.25) is 0 Å². The predicted molar refractivity (Wildman–Crippen MR) is 224 cm³/mol. The molecule has 2 nitrogen and oxygen atoms in total. The third kappa shape index (κ3) is 4.34. The van der Waals surface area contributed by atoms with E-state index in [4.69, 9.17) is 4.74 Å². The molecule has 0 spiro atoms. The molecule has 262 valence electrons. The van der Waals surface area contributed by atoms with Crippen LogP contribution in [0.3, 0.4) is 0 Å². The zero-order valence-electron chi connectivity index (χ0n) is 31.4. The van der Waals surface area contributed by atoms with Gasteiger partial charge in [0.2, 0.25) is 0 Å². The fourth-order valence-electron chi connectivity index (χ4n) is 10.5. The second-order valence-corrected chi connectivity index (χ2v) is 16.7. The first-order chi connectivity index (χ1) is 26.3. The normalized spacial score (nSPS) is 20.4. The Kier molecular flexibility index (Phi) is 6.64. The molecule has 0 bridgehead atoms. The van der Waals surface area contributed by atoms with Crippen molar-refractivity contribution in [3.63, 3.8) is 0 Å². The largest absolute Gasteiger partial charge is 0.484 e. The van der Waals surface area contributed by atoms with Crippen LogP contribution in [0.1, 0.15) is 74.3 Å². The van der Waals surface area contributed by atoms with Crippen molar-refractivity contribution in [3.8, 4) is 28.0 Å². The Bertz CT molecular complexity index is 2720. The lowest BCUT2D eigenvalue weighted by Crippen LogP contribution is -2.25. The second kappa shape index (κ2) is 11.3. The molecule has 2 unspecified atom stereocenters. The number of hydrogen-bond donors (Lipinski definition) is 0. The number of benzene rings is 6. The van der Waals surface area contributed by atoms with E-state index < -0.39 is 0 Å². The van der Waals surface area contributed by atoms with Gasteiger partial charge in [0.1, 0.15) is 11.9 Å². The topological polar surface area (TPSA) is 12.5 Å². The molecule has 5 aliphatic rings. The van der Waals surface area contributed by atoms with Crippen molar-refractivity contribution in [1.29, 1.82) is 0 Å². The van der Waals surface area contributed by atoms with Crippen molar-refractivity contribution in [2.24, 2.45) is 0 Å². The van der Waals surface area contributed by atoms with Crippen LogP contribution in [0.25, 0.3) is 33.0 Å². The SMILES string of the molecule is CC1(C)c2ccccc2-c2ccc(N(C3=CC=C(C4=CC=CC5c6c(ccc7ccccc67)OC45)CC3)c3cccc4c3-c3ccccc3C4(C)C)cc21. The van der Waals surface area contributed by atoms with Crippen LogP contribution in [-0.4, -0.2) is 6.10 Å². The fourth-order valence-corrected chi connectivity index (χ4v) is 10.5. The molecule has 2 atom stereocenters. The van der Waals surface area contributed by atoms with Gasteiger partial charge in [-0.2, -0.15) is 0 Å². The van der Waals surface area contributed by atoms with E-state index in [0.717, 1.165) is 18.6 Å². The molecule has 1 heterocycles. The van der Waals surface area contributed by atoms with Crippen LogP contribution < -0.4 is 9.64 Å². The Morgan fingerprint density at radius 3 is 2.17 bits per heavy atom. The highest BCUT2D eigenvalue weighted by molar-refractivity contribution is 5.94. The third-order valence-corrected chi connectivity index (χ3v) is 13.2. The smallest absolute Gasteiger partial charge is 0.134 e. The molecule has 0 fully saturated rings. The first-order valence-corrected chi connectivity index (χ1v) is 19.6. The van der Waals surface area contributed by atoms with Crippen LogP contribution in [0.5, 0.6) is 5.75 Å². The van der Waals surface area contributed by atoms with Crippen LogP contribution >= 0.6 is 0 Å². The molecule has 11 rings (SSSR count). The van der Waals surface area contributed by atoms with E-state index in [9.17, 15) is 0 Å². The number of nitrogens with zero attached hydrogens (tertiary/aromatic N) is 1. The van der Waals surface area contributed by atoms with E-state index in [2.05, 4.69) is 184 Å². The van der Waals surface area contributed by atoms with Crippen molar-refractivity contribution >= 4 is 22.1 Å². The maximum atomic E-state index is 6.80. The van der Waals surface area contributed by atoms with Crippen molar-refractivity contribution in [3.05, 3.63) is 196 Å². The summed E-state index contributed by atoms with van der Waals surface area (Å²) in [5.74, 6) is 1.23. The number of ether oxygens (including phenoxy) is 1. The lowest BCUT2D eigenvalue weighted by atomic mass is 9.80. The van der Waals surface area contributed by atoms with Gasteiger partial charge in [0.05, 0.1) is 5.69 Å². The molecule has 0 radical (unpaired) electrons. The van der Waals surface area contributed by atoms with Crippen LogP contribution in [0, 0.1) is 0 Å². The maximum Gasteiger partial charge on any atom is 0.134 e. The molecule has 4 aliphatic carbocycles. The monoisotopic (exact) mass is 697 g/mol. The summed E-state index contributed by atoms with van der Waals surface area (Å²) in [5, 5.41) is 2.57. The molecular formula is C52H43NO. The number of allylic oxidation sites excluding steroid dienone is 5. The second-order valence-electron chi connectivity index (χ2n) is 16.7. The summed E-state index contributed by atoms with van der Waals surface area (Å²) in [6, 6.07) is 45.2. The highest BCUT2D eigenvalue weighted by atomic mass is 16.5.